The van der Waals surface area contributed by atoms with E-state index < -0.39 is 0 Å². The van der Waals surface area contributed by atoms with Crippen LogP contribution in [0, 0.1) is 34.4 Å². The molecule has 1 aromatic carbocycles. The maximum Gasteiger partial charge on any atom is 0.156 e. The number of carbonyl (C=O) groups excluding carboxylic acids is 2. The van der Waals surface area contributed by atoms with Crippen LogP contribution in [0.1, 0.15) is 57.9 Å². The van der Waals surface area contributed by atoms with Crippen LogP contribution in [-0.4, -0.2) is 11.6 Å². The molecule has 0 aliphatic heterocycles. The second kappa shape index (κ2) is 5.98. The monoisotopic (exact) mass is 378 g/mol. The fraction of sp³-hybridized carbons (Fsp3) is 0.520. The van der Waals surface area contributed by atoms with Crippen molar-refractivity contribution in [2.75, 3.05) is 0 Å². The van der Waals surface area contributed by atoms with Gasteiger partial charge < -0.3 is 0 Å². The van der Waals surface area contributed by atoms with Crippen molar-refractivity contribution in [1.29, 1.82) is 0 Å². The Kier molecular flexibility index (Phi) is 3.85. The molecule has 0 heterocycles. The third-order valence-corrected chi connectivity index (χ3v) is 8.48. The van der Waals surface area contributed by atoms with Gasteiger partial charge in [0.25, 0.3) is 0 Å². The van der Waals surface area contributed by atoms with E-state index in [0.717, 1.165) is 42.4 Å². The van der Waals surface area contributed by atoms with Crippen LogP contribution in [0.15, 0.2) is 42.0 Å². The van der Waals surface area contributed by atoms with Gasteiger partial charge in [0, 0.05) is 18.3 Å². The average Bonchev–Trinajstić information content (AvgIpc) is 2.98. The summed E-state index contributed by atoms with van der Waals surface area (Å²) >= 11 is 0. The number of carbonyl (C=O) groups is 2. The summed E-state index contributed by atoms with van der Waals surface area (Å²) < 4.78 is 13.5. The number of hydrogen-bond donors (Lipinski definition) is 0. The van der Waals surface area contributed by atoms with Gasteiger partial charge in [-0.15, -0.1) is 0 Å². The van der Waals surface area contributed by atoms with E-state index in [2.05, 4.69) is 19.9 Å². The van der Waals surface area contributed by atoms with Crippen molar-refractivity contribution < 1.29 is 14.0 Å². The van der Waals surface area contributed by atoms with E-state index >= 15 is 0 Å². The lowest BCUT2D eigenvalue weighted by Gasteiger charge is -2.55. The lowest BCUT2D eigenvalue weighted by atomic mass is 9.48. The Hall–Kier alpha value is -2.03. The number of rotatable bonds is 1. The molecule has 2 fully saturated rings. The molecule has 0 N–H and O–H groups in total. The maximum atomic E-state index is 13.5. The molecule has 1 aromatic rings. The quantitative estimate of drug-likeness (QED) is 0.644. The summed E-state index contributed by atoms with van der Waals surface area (Å²) in [4.78, 5) is 25.0. The van der Waals surface area contributed by atoms with Crippen LogP contribution in [0.4, 0.5) is 4.39 Å². The molecule has 28 heavy (non-hydrogen) atoms. The molecule has 4 aliphatic rings. The van der Waals surface area contributed by atoms with E-state index in [1.54, 1.807) is 0 Å². The van der Waals surface area contributed by atoms with Gasteiger partial charge in [0.15, 0.2) is 5.78 Å². The zero-order valence-corrected chi connectivity index (χ0v) is 16.6. The number of allylic oxidation sites excluding steroid dienone is 4. The number of ketones is 2. The number of benzene rings is 1. The fourth-order valence-electron chi connectivity index (χ4n) is 6.79. The summed E-state index contributed by atoms with van der Waals surface area (Å²) in [6.45, 7) is 4.49. The average molecular weight is 378 g/mol. The van der Waals surface area contributed by atoms with Crippen molar-refractivity contribution in [2.45, 2.75) is 52.4 Å². The predicted molar refractivity (Wildman–Crippen MR) is 107 cm³/mol. The second-order valence-corrected chi connectivity index (χ2v) is 9.74. The van der Waals surface area contributed by atoms with Crippen LogP contribution in [0.25, 0.3) is 5.57 Å². The first-order chi connectivity index (χ1) is 13.3. The van der Waals surface area contributed by atoms with Crippen LogP contribution >= 0.6 is 0 Å². The molecule has 2 nitrogen and oxygen atoms in total. The summed E-state index contributed by atoms with van der Waals surface area (Å²) in [6, 6.07) is 6.64. The van der Waals surface area contributed by atoms with Crippen molar-refractivity contribution in [3.8, 4) is 0 Å². The van der Waals surface area contributed by atoms with Crippen LogP contribution in [-0.2, 0) is 9.59 Å². The molecule has 0 unspecified atom stereocenters. The normalized spacial score (nSPS) is 39.6. The maximum absolute atomic E-state index is 13.5. The lowest BCUT2D eigenvalue weighted by molar-refractivity contribution is -0.130. The van der Waals surface area contributed by atoms with Crippen molar-refractivity contribution >= 4 is 17.1 Å². The van der Waals surface area contributed by atoms with Gasteiger partial charge in [-0.1, -0.05) is 32.1 Å². The molecule has 3 heteroatoms. The van der Waals surface area contributed by atoms with E-state index in [-0.39, 0.29) is 22.4 Å². The molecule has 0 amide bonds. The fourth-order valence-corrected chi connectivity index (χ4v) is 6.79. The highest BCUT2D eigenvalue weighted by molar-refractivity contribution is 5.98. The molecule has 0 bridgehead atoms. The highest BCUT2D eigenvalue weighted by atomic mass is 19.1. The first kappa shape index (κ1) is 18.0. The van der Waals surface area contributed by atoms with Crippen molar-refractivity contribution in [1.82, 2.24) is 0 Å². The Balaban J connectivity index is 1.69. The standard InChI is InChI=1S/C25H27FO2/c1-24-11-9-17(27)13-22(24)18(15-3-5-16(26)6-4-15)14-19-20-7-8-23(28)25(20,2)12-10-21(19)24/h3-6,13-14,19-21H,7-12H2,1-2H3/t19-,20-,21-,24+,25-/m0/s1. The van der Waals surface area contributed by atoms with Gasteiger partial charge in [0.05, 0.1) is 0 Å². The van der Waals surface area contributed by atoms with E-state index in [0.29, 0.717) is 36.4 Å². The first-order valence-electron chi connectivity index (χ1n) is 10.6. The van der Waals surface area contributed by atoms with Gasteiger partial charge in [-0.2, -0.15) is 0 Å². The molecule has 146 valence electrons. The topological polar surface area (TPSA) is 34.1 Å². The molecule has 2 saturated carbocycles. The highest BCUT2D eigenvalue weighted by Crippen LogP contribution is 2.64. The molecule has 4 aliphatic carbocycles. The second-order valence-electron chi connectivity index (χ2n) is 9.74. The first-order valence-corrected chi connectivity index (χ1v) is 10.6. The minimum Gasteiger partial charge on any atom is -0.299 e. The van der Waals surface area contributed by atoms with Crippen molar-refractivity contribution in [3.63, 3.8) is 0 Å². The zero-order valence-electron chi connectivity index (χ0n) is 16.6. The molecule has 0 aromatic heterocycles. The third kappa shape index (κ3) is 2.38. The Morgan fingerprint density at radius 3 is 2.39 bits per heavy atom. The van der Waals surface area contributed by atoms with Crippen LogP contribution < -0.4 is 0 Å². The molecular formula is C25H27FO2. The molecule has 0 saturated heterocycles. The summed E-state index contributed by atoms with van der Waals surface area (Å²) in [6.07, 6.45) is 9.33. The Labute approximate surface area is 165 Å². The Morgan fingerprint density at radius 2 is 1.64 bits per heavy atom. The highest BCUT2D eigenvalue weighted by Gasteiger charge is 2.58. The number of fused-ring (bicyclic) bond motifs is 5. The van der Waals surface area contributed by atoms with E-state index in [9.17, 15) is 14.0 Å². The zero-order chi connectivity index (χ0) is 19.7. The third-order valence-electron chi connectivity index (χ3n) is 8.48. The summed E-state index contributed by atoms with van der Waals surface area (Å²) in [5, 5.41) is 0. The Morgan fingerprint density at radius 1 is 0.929 bits per heavy atom. The smallest absolute Gasteiger partial charge is 0.156 e. The molecular weight excluding hydrogens is 351 g/mol. The van der Waals surface area contributed by atoms with Gasteiger partial charge in [-0.05, 0) is 83.8 Å². The summed E-state index contributed by atoms with van der Waals surface area (Å²) in [5.74, 6) is 1.57. The number of Topliss-reactive ketones (excluding diaryl/α,β-unsaturated/α-hetero) is 1. The summed E-state index contributed by atoms with van der Waals surface area (Å²) in [7, 11) is 0. The van der Waals surface area contributed by atoms with E-state index in [1.807, 2.05) is 18.2 Å². The van der Waals surface area contributed by atoms with Gasteiger partial charge >= 0.3 is 0 Å². The summed E-state index contributed by atoms with van der Waals surface area (Å²) in [5.41, 5.74) is 2.94. The number of halogens is 1. The minimum absolute atomic E-state index is 0.0516. The van der Waals surface area contributed by atoms with Crippen LogP contribution in [0.3, 0.4) is 0 Å². The van der Waals surface area contributed by atoms with Gasteiger partial charge in [0.2, 0.25) is 0 Å². The van der Waals surface area contributed by atoms with E-state index in [4.69, 9.17) is 0 Å². The van der Waals surface area contributed by atoms with Gasteiger partial charge in [-0.25, -0.2) is 4.39 Å². The van der Waals surface area contributed by atoms with Gasteiger partial charge in [0.1, 0.15) is 11.6 Å². The van der Waals surface area contributed by atoms with E-state index in [1.165, 1.54) is 12.1 Å². The molecule has 0 radical (unpaired) electrons. The number of hydrogen-bond acceptors (Lipinski definition) is 2. The Bertz CT molecular complexity index is 924. The lowest BCUT2D eigenvalue weighted by Crippen LogP contribution is -2.49. The van der Waals surface area contributed by atoms with Gasteiger partial charge in [-0.3, -0.25) is 9.59 Å². The van der Waals surface area contributed by atoms with Crippen LogP contribution in [0.2, 0.25) is 0 Å². The minimum atomic E-state index is -0.249. The predicted octanol–water partition coefficient (Wildman–Crippen LogP) is 5.53. The molecule has 5 rings (SSSR count). The molecule has 0 spiro atoms. The van der Waals surface area contributed by atoms with Crippen LogP contribution in [0.5, 0.6) is 0 Å². The van der Waals surface area contributed by atoms with Crippen molar-refractivity contribution in [2.24, 2.45) is 28.6 Å². The largest absolute Gasteiger partial charge is 0.299 e. The molecule has 5 atom stereocenters. The van der Waals surface area contributed by atoms with Crippen molar-refractivity contribution in [3.05, 3.63) is 53.4 Å². The SMILES string of the molecule is C[C@]12CCC(=O)C=C1C(c1ccc(F)cc1)=C[C@@H]1[C@@H]2CC[C@]2(C)C(=O)CC[C@@H]12.